The third kappa shape index (κ3) is 5.53. The molecule has 0 aromatic heterocycles. The fourth-order valence-electron chi connectivity index (χ4n) is 2.28. The number of aryl methyl sites for hydroxylation is 1. The van der Waals surface area contributed by atoms with Crippen LogP contribution < -0.4 is 10.1 Å². The number of rotatable bonds is 8. The summed E-state index contributed by atoms with van der Waals surface area (Å²) >= 11 is 6.05. The summed E-state index contributed by atoms with van der Waals surface area (Å²) < 4.78 is 18.5. The Labute approximate surface area is 146 Å². The Balaban J connectivity index is 1.77. The maximum atomic E-state index is 12.8. The summed E-state index contributed by atoms with van der Waals surface area (Å²) in [5.74, 6) is 0.110. The number of carbonyl (C=O) groups is 1. The second kappa shape index (κ2) is 9.28. The molecule has 2 rings (SSSR count). The Kier molecular flexibility index (Phi) is 7.07. The molecule has 0 spiro atoms. The van der Waals surface area contributed by atoms with Gasteiger partial charge in [-0.3, -0.25) is 4.79 Å². The van der Waals surface area contributed by atoms with Crippen LogP contribution in [-0.4, -0.2) is 18.6 Å². The van der Waals surface area contributed by atoms with Gasteiger partial charge in [0, 0.05) is 6.54 Å². The lowest BCUT2D eigenvalue weighted by Crippen LogP contribution is -2.38. The Morgan fingerprint density at radius 2 is 1.92 bits per heavy atom. The summed E-state index contributed by atoms with van der Waals surface area (Å²) in [6.07, 6.45) is 1.54. The molecule has 0 radical (unpaired) electrons. The van der Waals surface area contributed by atoms with E-state index < -0.39 is 6.10 Å². The summed E-state index contributed by atoms with van der Waals surface area (Å²) in [7, 11) is 0. The maximum absolute atomic E-state index is 12.8. The van der Waals surface area contributed by atoms with Crippen molar-refractivity contribution in [2.75, 3.05) is 6.54 Å². The highest BCUT2D eigenvalue weighted by Gasteiger charge is 2.18. The van der Waals surface area contributed by atoms with Crippen molar-refractivity contribution >= 4 is 17.5 Å². The highest BCUT2D eigenvalue weighted by Crippen LogP contribution is 2.24. The van der Waals surface area contributed by atoms with Gasteiger partial charge < -0.3 is 10.1 Å². The summed E-state index contributed by atoms with van der Waals surface area (Å²) in [6.45, 7) is 2.43. The van der Waals surface area contributed by atoms with E-state index in [1.807, 2.05) is 19.1 Å². The van der Waals surface area contributed by atoms with Crippen molar-refractivity contribution in [2.45, 2.75) is 32.3 Å². The number of halogens is 2. The second-order valence-electron chi connectivity index (χ2n) is 5.47. The van der Waals surface area contributed by atoms with Crippen LogP contribution in [-0.2, 0) is 11.2 Å². The Hall–Kier alpha value is -2.07. The first-order chi connectivity index (χ1) is 11.6. The van der Waals surface area contributed by atoms with E-state index in [1.54, 1.807) is 24.3 Å². The average molecular weight is 350 g/mol. The van der Waals surface area contributed by atoms with Crippen LogP contribution >= 0.6 is 11.6 Å². The van der Waals surface area contributed by atoms with Crippen LogP contribution in [0.3, 0.4) is 0 Å². The average Bonchev–Trinajstić information content (AvgIpc) is 2.59. The molecule has 0 bridgehead atoms. The van der Waals surface area contributed by atoms with Gasteiger partial charge in [0.05, 0.1) is 5.02 Å². The molecule has 0 saturated heterocycles. The quantitative estimate of drug-likeness (QED) is 0.718. The largest absolute Gasteiger partial charge is 0.479 e. The molecule has 0 aliphatic rings. The van der Waals surface area contributed by atoms with Gasteiger partial charge in [-0.15, -0.1) is 0 Å². The van der Waals surface area contributed by atoms with Crippen LogP contribution in [0.5, 0.6) is 5.75 Å². The van der Waals surface area contributed by atoms with E-state index in [9.17, 15) is 9.18 Å². The van der Waals surface area contributed by atoms with Gasteiger partial charge in [0.15, 0.2) is 6.10 Å². The number of benzene rings is 2. The van der Waals surface area contributed by atoms with Gasteiger partial charge in [0.25, 0.3) is 5.91 Å². The van der Waals surface area contributed by atoms with Gasteiger partial charge in [0.1, 0.15) is 11.6 Å². The van der Waals surface area contributed by atoms with Crippen molar-refractivity contribution < 1.29 is 13.9 Å². The number of hydrogen-bond donors (Lipinski definition) is 1. The first kappa shape index (κ1) is 18.3. The highest BCUT2D eigenvalue weighted by atomic mass is 35.5. The van der Waals surface area contributed by atoms with E-state index in [0.717, 1.165) is 18.4 Å². The van der Waals surface area contributed by atoms with Crippen LogP contribution in [0.15, 0.2) is 48.5 Å². The lowest BCUT2D eigenvalue weighted by Gasteiger charge is -2.18. The normalized spacial score (nSPS) is 11.8. The van der Waals surface area contributed by atoms with Crippen LogP contribution in [0.1, 0.15) is 25.3 Å². The molecule has 0 aliphatic heterocycles. The molecule has 1 amide bonds. The molecule has 3 nitrogen and oxygen atoms in total. The Morgan fingerprint density at radius 1 is 1.21 bits per heavy atom. The molecule has 1 N–H and O–H groups in total. The molecular weight excluding hydrogens is 329 g/mol. The third-order valence-electron chi connectivity index (χ3n) is 3.62. The first-order valence-electron chi connectivity index (χ1n) is 8.03. The smallest absolute Gasteiger partial charge is 0.261 e. The fourth-order valence-corrected chi connectivity index (χ4v) is 2.47. The molecule has 128 valence electrons. The zero-order valence-corrected chi connectivity index (χ0v) is 14.4. The highest BCUT2D eigenvalue weighted by molar-refractivity contribution is 6.32. The number of nitrogens with one attached hydrogen (secondary N) is 1. The van der Waals surface area contributed by atoms with Gasteiger partial charge in [-0.2, -0.15) is 0 Å². The number of ether oxygens (including phenoxy) is 1. The van der Waals surface area contributed by atoms with E-state index in [-0.39, 0.29) is 11.7 Å². The molecule has 0 unspecified atom stereocenters. The van der Waals surface area contributed by atoms with Crippen molar-refractivity contribution in [3.63, 3.8) is 0 Å². The van der Waals surface area contributed by atoms with Gasteiger partial charge in [0.2, 0.25) is 0 Å². The molecule has 24 heavy (non-hydrogen) atoms. The van der Waals surface area contributed by atoms with Crippen molar-refractivity contribution in [3.8, 4) is 5.75 Å². The minimum Gasteiger partial charge on any atom is -0.479 e. The molecule has 2 aromatic rings. The summed E-state index contributed by atoms with van der Waals surface area (Å²) in [6, 6.07) is 13.5. The molecule has 0 fully saturated rings. The zero-order chi connectivity index (χ0) is 17.4. The van der Waals surface area contributed by atoms with Crippen molar-refractivity contribution in [1.82, 2.24) is 5.32 Å². The Morgan fingerprint density at radius 3 is 2.58 bits per heavy atom. The third-order valence-corrected chi connectivity index (χ3v) is 3.94. The lowest BCUT2D eigenvalue weighted by molar-refractivity contribution is -0.128. The SMILES string of the molecule is CC[C@@H](Oc1ccccc1Cl)C(=O)NCCCc1ccc(F)cc1. The van der Waals surface area contributed by atoms with Crippen LogP contribution in [0.2, 0.25) is 5.02 Å². The summed E-state index contributed by atoms with van der Waals surface area (Å²) in [4.78, 5) is 12.2. The predicted molar refractivity (Wildman–Crippen MR) is 93.9 cm³/mol. The van der Waals surface area contributed by atoms with Crippen molar-refractivity contribution in [2.24, 2.45) is 0 Å². The molecule has 1 atom stereocenters. The van der Waals surface area contributed by atoms with E-state index in [1.165, 1.54) is 12.1 Å². The van der Waals surface area contributed by atoms with Gasteiger partial charge >= 0.3 is 0 Å². The van der Waals surface area contributed by atoms with E-state index in [0.29, 0.717) is 23.7 Å². The first-order valence-corrected chi connectivity index (χ1v) is 8.41. The van der Waals surface area contributed by atoms with E-state index in [2.05, 4.69) is 5.32 Å². The number of para-hydroxylation sites is 1. The van der Waals surface area contributed by atoms with Gasteiger partial charge in [-0.25, -0.2) is 4.39 Å². The summed E-state index contributed by atoms with van der Waals surface area (Å²) in [5.41, 5.74) is 1.05. The molecule has 2 aromatic carbocycles. The molecule has 5 heteroatoms. The van der Waals surface area contributed by atoms with Crippen LogP contribution in [0, 0.1) is 5.82 Å². The van der Waals surface area contributed by atoms with E-state index >= 15 is 0 Å². The van der Waals surface area contributed by atoms with Crippen LogP contribution in [0.25, 0.3) is 0 Å². The van der Waals surface area contributed by atoms with Crippen LogP contribution in [0.4, 0.5) is 4.39 Å². The molecule has 0 saturated carbocycles. The number of amides is 1. The lowest BCUT2D eigenvalue weighted by atomic mass is 10.1. The van der Waals surface area contributed by atoms with Crippen molar-refractivity contribution in [1.29, 1.82) is 0 Å². The molecule has 0 heterocycles. The zero-order valence-electron chi connectivity index (χ0n) is 13.6. The monoisotopic (exact) mass is 349 g/mol. The standard InChI is InChI=1S/C19H21ClFNO2/c1-2-17(24-18-8-4-3-7-16(18)20)19(23)22-13-5-6-14-9-11-15(21)12-10-14/h3-4,7-12,17H,2,5-6,13H2,1H3,(H,22,23)/t17-/m1/s1. The Bertz CT molecular complexity index is 661. The van der Waals surface area contributed by atoms with Gasteiger partial charge in [-0.1, -0.05) is 42.8 Å². The fraction of sp³-hybridized carbons (Fsp3) is 0.316. The second-order valence-corrected chi connectivity index (χ2v) is 5.87. The maximum Gasteiger partial charge on any atom is 0.261 e. The predicted octanol–water partition coefficient (Wildman–Crippen LogP) is 4.39. The minimum atomic E-state index is -0.573. The van der Waals surface area contributed by atoms with E-state index in [4.69, 9.17) is 16.3 Å². The number of hydrogen-bond acceptors (Lipinski definition) is 2. The minimum absolute atomic E-state index is 0.156. The van der Waals surface area contributed by atoms with Gasteiger partial charge in [-0.05, 0) is 49.1 Å². The van der Waals surface area contributed by atoms with Crippen molar-refractivity contribution in [3.05, 3.63) is 64.9 Å². The topological polar surface area (TPSA) is 38.3 Å². The number of carbonyl (C=O) groups excluding carboxylic acids is 1. The molecule has 0 aliphatic carbocycles. The summed E-state index contributed by atoms with van der Waals surface area (Å²) in [5, 5.41) is 3.36. The molecular formula is C19H21ClFNO2.